The summed E-state index contributed by atoms with van der Waals surface area (Å²) in [6.45, 7) is 5.83. The molecule has 0 amide bonds. The van der Waals surface area contributed by atoms with Gasteiger partial charge in [-0.3, -0.25) is 0 Å². The first kappa shape index (κ1) is 21.1. The number of hydrogen-bond acceptors (Lipinski definition) is 3. The zero-order valence-electron chi connectivity index (χ0n) is 13.8. The van der Waals surface area contributed by atoms with E-state index in [0.717, 1.165) is 32.7 Å². The number of halogens is 1. The Morgan fingerprint density at radius 3 is 2.73 bits per heavy atom. The van der Waals surface area contributed by atoms with Gasteiger partial charge in [0.1, 0.15) is 0 Å². The van der Waals surface area contributed by atoms with E-state index in [1.54, 1.807) is 0 Å². The first-order chi connectivity index (χ1) is 10.1. The number of ether oxygens (including phenoxy) is 1. The summed E-state index contributed by atoms with van der Waals surface area (Å²) in [5, 5.41) is 3.10. The van der Waals surface area contributed by atoms with Crippen molar-refractivity contribution >= 4 is 29.9 Å². The predicted molar refractivity (Wildman–Crippen MR) is 104 cm³/mol. The Morgan fingerprint density at radius 1 is 1.32 bits per heavy atom. The van der Waals surface area contributed by atoms with E-state index in [1.165, 1.54) is 11.1 Å². The van der Waals surface area contributed by atoms with Crippen molar-refractivity contribution in [1.29, 1.82) is 0 Å². The number of nitrogens with one attached hydrogen (secondary N) is 1. The third kappa shape index (κ3) is 9.97. The molecule has 0 radical (unpaired) electrons. The molecule has 0 aliphatic carbocycles. The first-order valence-electron chi connectivity index (χ1n) is 7.46. The summed E-state index contributed by atoms with van der Waals surface area (Å²) >= 11 is 0. The largest absolute Gasteiger partial charge is 0.382 e. The summed E-state index contributed by atoms with van der Waals surface area (Å²) in [5.41, 5.74) is 8.31. The van der Waals surface area contributed by atoms with Gasteiger partial charge in [-0.05, 0) is 38.6 Å². The summed E-state index contributed by atoms with van der Waals surface area (Å²) < 4.78 is 5.26. The molecule has 5 nitrogen and oxygen atoms in total. The Morgan fingerprint density at radius 2 is 2.05 bits per heavy atom. The van der Waals surface area contributed by atoms with Crippen LogP contribution in [0.2, 0.25) is 0 Å². The molecule has 0 saturated carbocycles. The topological polar surface area (TPSA) is 62.9 Å². The molecule has 0 bridgehead atoms. The number of aliphatic imine (C=N–C) groups is 1. The number of nitrogens with two attached hydrogens (primary N) is 1. The molecule has 0 heterocycles. The Hall–Kier alpha value is -0.860. The third-order valence-corrected chi connectivity index (χ3v) is 2.90. The lowest BCUT2D eigenvalue weighted by Crippen LogP contribution is -2.32. The van der Waals surface area contributed by atoms with Gasteiger partial charge in [0.15, 0.2) is 5.96 Å². The van der Waals surface area contributed by atoms with Gasteiger partial charge < -0.3 is 20.7 Å². The van der Waals surface area contributed by atoms with E-state index in [0.29, 0.717) is 12.5 Å². The van der Waals surface area contributed by atoms with E-state index >= 15 is 0 Å². The normalized spacial score (nSPS) is 11.4. The third-order valence-electron chi connectivity index (χ3n) is 2.90. The highest BCUT2D eigenvalue weighted by Gasteiger charge is 1.98. The van der Waals surface area contributed by atoms with Gasteiger partial charge in [0.2, 0.25) is 0 Å². The number of rotatable bonds is 9. The van der Waals surface area contributed by atoms with Gasteiger partial charge >= 0.3 is 0 Å². The molecule has 0 aliphatic heterocycles. The smallest absolute Gasteiger partial charge is 0.188 e. The second-order valence-electron chi connectivity index (χ2n) is 5.24. The molecule has 0 atom stereocenters. The summed E-state index contributed by atoms with van der Waals surface area (Å²) in [6.07, 6.45) is 0.933. The van der Waals surface area contributed by atoms with Crippen molar-refractivity contribution in [1.82, 2.24) is 10.2 Å². The lowest BCUT2D eigenvalue weighted by molar-refractivity contribution is 0.145. The van der Waals surface area contributed by atoms with Crippen molar-refractivity contribution in [3.63, 3.8) is 0 Å². The lowest BCUT2D eigenvalue weighted by atomic mass is 10.1. The molecule has 1 aromatic carbocycles. The second-order valence-corrected chi connectivity index (χ2v) is 5.24. The zero-order chi connectivity index (χ0) is 15.5. The van der Waals surface area contributed by atoms with Crippen molar-refractivity contribution in [2.24, 2.45) is 10.7 Å². The maximum absolute atomic E-state index is 5.84. The van der Waals surface area contributed by atoms with Crippen LogP contribution in [-0.4, -0.2) is 44.7 Å². The van der Waals surface area contributed by atoms with Crippen LogP contribution in [0.4, 0.5) is 0 Å². The van der Waals surface area contributed by atoms with Gasteiger partial charge in [-0.25, -0.2) is 4.99 Å². The van der Waals surface area contributed by atoms with E-state index in [-0.39, 0.29) is 24.0 Å². The quantitative estimate of drug-likeness (QED) is 0.278. The van der Waals surface area contributed by atoms with Crippen molar-refractivity contribution in [2.45, 2.75) is 26.4 Å². The van der Waals surface area contributed by atoms with Crippen molar-refractivity contribution in [3.8, 4) is 0 Å². The fraction of sp³-hybridized carbons (Fsp3) is 0.562. The molecule has 0 saturated heterocycles. The molecule has 0 aliphatic rings. The van der Waals surface area contributed by atoms with Crippen molar-refractivity contribution in [2.75, 3.05) is 33.9 Å². The number of guanidine groups is 1. The Labute approximate surface area is 151 Å². The summed E-state index contributed by atoms with van der Waals surface area (Å²) in [4.78, 5) is 6.51. The molecule has 0 fully saturated rings. The van der Waals surface area contributed by atoms with Crippen molar-refractivity contribution < 1.29 is 4.74 Å². The summed E-state index contributed by atoms with van der Waals surface area (Å²) in [7, 11) is 4.13. The first-order valence-corrected chi connectivity index (χ1v) is 7.46. The van der Waals surface area contributed by atoms with E-state index in [2.05, 4.69) is 53.6 Å². The van der Waals surface area contributed by atoms with Crippen LogP contribution in [0, 0.1) is 0 Å². The molecule has 0 unspecified atom stereocenters. The minimum Gasteiger partial charge on any atom is -0.382 e. The van der Waals surface area contributed by atoms with E-state index in [1.807, 2.05) is 6.92 Å². The Balaban J connectivity index is 0.00000441. The molecule has 0 spiro atoms. The standard InChI is InChI=1S/C16H28N4O.HI/c1-4-21-10-6-9-18-16(17)19-12-14-7-5-8-15(11-14)13-20(2)3;/h5,7-8,11H,4,6,9-10,12-13H2,1-3H3,(H3,17,18,19);1H. The molecule has 1 rings (SSSR count). The Bertz CT molecular complexity index is 438. The molecule has 126 valence electrons. The Kier molecular flexibility index (Phi) is 12.2. The molecular weight excluding hydrogens is 391 g/mol. The van der Waals surface area contributed by atoms with Gasteiger partial charge in [-0.15, -0.1) is 24.0 Å². The zero-order valence-corrected chi connectivity index (χ0v) is 16.2. The predicted octanol–water partition coefficient (Wildman–Crippen LogP) is 2.20. The highest BCUT2D eigenvalue weighted by molar-refractivity contribution is 14.0. The maximum Gasteiger partial charge on any atom is 0.188 e. The lowest BCUT2D eigenvalue weighted by Gasteiger charge is -2.10. The van der Waals surface area contributed by atoms with E-state index < -0.39 is 0 Å². The van der Waals surface area contributed by atoms with Crippen LogP contribution < -0.4 is 11.1 Å². The number of benzene rings is 1. The fourth-order valence-electron chi connectivity index (χ4n) is 1.96. The van der Waals surface area contributed by atoms with Crippen LogP contribution in [0.3, 0.4) is 0 Å². The highest BCUT2D eigenvalue weighted by Crippen LogP contribution is 2.08. The van der Waals surface area contributed by atoms with Crippen molar-refractivity contribution in [3.05, 3.63) is 35.4 Å². The monoisotopic (exact) mass is 420 g/mol. The van der Waals surface area contributed by atoms with Crippen LogP contribution in [0.15, 0.2) is 29.3 Å². The molecular formula is C16H29IN4O. The van der Waals surface area contributed by atoms with E-state index in [4.69, 9.17) is 10.5 Å². The van der Waals surface area contributed by atoms with Gasteiger partial charge in [0.25, 0.3) is 0 Å². The van der Waals surface area contributed by atoms with Gasteiger partial charge in [0, 0.05) is 26.3 Å². The van der Waals surface area contributed by atoms with Gasteiger partial charge in [-0.1, -0.05) is 24.3 Å². The second kappa shape index (κ2) is 12.7. The summed E-state index contributed by atoms with van der Waals surface area (Å²) in [5.74, 6) is 0.490. The number of nitrogens with zero attached hydrogens (tertiary/aromatic N) is 2. The average Bonchev–Trinajstić information content (AvgIpc) is 2.44. The SMILES string of the molecule is CCOCCCNC(N)=NCc1cccc(CN(C)C)c1.I. The highest BCUT2D eigenvalue weighted by atomic mass is 127. The minimum atomic E-state index is 0. The molecule has 6 heteroatoms. The van der Waals surface area contributed by atoms with Gasteiger partial charge in [-0.2, -0.15) is 0 Å². The molecule has 0 aromatic heterocycles. The number of hydrogen-bond donors (Lipinski definition) is 2. The van der Waals surface area contributed by atoms with Crippen LogP contribution in [0.1, 0.15) is 24.5 Å². The van der Waals surface area contributed by atoms with Gasteiger partial charge in [0.05, 0.1) is 6.54 Å². The fourth-order valence-corrected chi connectivity index (χ4v) is 1.96. The van der Waals surface area contributed by atoms with Crippen LogP contribution in [-0.2, 0) is 17.8 Å². The minimum absolute atomic E-state index is 0. The van der Waals surface area contributed by atoms with E-state index in [9.17, 15) is 0 Å². The van der Waals surface area contributed by atoms with Crippen LogP contribution in [0.25, 0.3) is 0 Å². The molecule has 1 aromatic rings. The maximum atomic E-state index is 5.84. The molecule has 3 N–H and O–H groups in total. The molecule has 22 heavy (non-hydrogen) atoms. The summed E-state index contributed by atoms with van der Waals surface area (Å²) in [6, 6.07) is 8.44. The van der Waals surface area contributed by atoms with Crippen LogP contribution in [0.5, 0.6) is 0 Å². The van der Waals surface area contributed by atoms with Crippen LogP contribution >= 0.6 is 24.0 Å². The average molecular weight is 420 g/mol.